The molecule has 0 bridgehead atoms. The lowest BCUT2D eigenvalue weighted by molar-refractivity contribution is -0.117. The highest BCUT2D eigenvalue weighted by molar-refractivity contribution is 6.52. The topological polar surface area (TPSA) is 97.7 Å². The number of Topliss-reactive ketones (excluding diaryl/α,β-unsaturated/α-hetero) is 2. The van der Waals surface area contributed by atoms with Crippen molar-refractivity contribution in [2.45, 2.75) is 26.2 Å². The normalized spacial score (nSPS) is 15.5. The number of ketones is 4. The fourth-order valence-corrected chi connectivity index (χ4v) is 3.98. The van der Waals surface area contributed by atoms with Crippen molar-refractivity contribution in [1.29, 1.82) is 0 Å². The van der Waals surface area contributed by atoms with E-state index < -0.39 is 11.6 Å². The van der Waals surface area contributed by atoms with Crippen LogP contribution < -0.4 is 0 Å². The third-order valence-corrected chi connectivity index (χ3v) is 5.93. The van der Waals surface area contributed by atoms with E-state index in [9.17, 15) is 24.3 Å². The Bertz CT molecular complexity index is 1380. The Balaban J connectivity index is 0.000000206. The first kappa shape index (κ1) is 27.0. The molecule has 2 aromatic carbocycles. The Morgan fingerprint density at radius 3 is 2.11 bits per heavy atom. The lowest BCUT2D eigenvalue weighted by Gasteiger charge is -2.18. The van der Waals surface area contributed by atoms with Crippen LogP contribution in [0, 0.1) is 0 Å². The lowest BCUT2D eigenvalue weighted by Crippen LogP contribution is -2.23. The molecular weight excluding hydrogens is 468 g/mol. The number of rotatable bonds is 6. The molecular formula is C31H28O6. The summed E-state index contributed by atoms with van der Waals surface area (Å²) in [5.41, 5.74) is 3.29. The molecule has 0 saturated heterocycles. The number of allylic oxidation sites excluding steroid dienone is 7. The predicted molar refractivity (Wildman–Crippen MR) is 142 cm³/mol. The molecule has 188 valence electrons. The molecule has 2 aromatic rings. The van der Waals surface area contributed by atoms with E-state index >= 15 is 0 Å². The maximum absolute atomic E-state index is 12.1. The molecule has 2 aliphatic carbocycles. The zero-order valence-corrected chi connectivity index (χ0v) is 21.0. The van der Waals surface area contributed by atoms with Crippen molar-refractivity contribution < 1.29 is 29.0 Å². The summed E-state index contributed by atoms with van der Waals surface area (Å²) in [6.07, 6.45) is 6.34. The molecule has 6 nitrogen and oxygen atoms in total. The smallest absolute Gasteiger partial charge is 0.234 e. The maximum Gasteiger partial charge on any atom is 0.234 e. The molecule has 6 heteroatoms. The van der Waals surface area contributed by atoms with Gasteiger partial charge in [-0.05, 0) is 31.9 Å². The fraction of sp³-hybridized carbons (Fsp3) is 0.161. The van der Waals surface area contributed by atoms with Crippen molar-refractivity contribution in [2.75, 3.05) is 7.11 Å². The molecule has 4 rings (SSSR count). The molecule has 37 heavy (non-hydrogen) atoms. The summed E-state index contributed by atoms with van der Waals surface area (Å²) < 4.78 is 4.86. The number of carbonyl (C=O) groups excluding carboxylic acids is 4. The van der Waals surface area contributed by atoms with E-state index in [-0.39, 0.29) is 46.6 Å². The van der Waals surface area contributed by atoms with E-state index in [2.05, 4.69) is 6.58 Å². The van der Waals surface area contributed by atoms with Gasteiger partial charge in [0.1, 0.15) is 5.76 Å². The van der Waals surface area contributed by atoms with Crippen LogP contribution in [0.5, 0.6) is 0 Å². The SMILES string of the molecule is C=CC(C1=CC(=O)C(OC)=CC1=O)c1ccccc1.CC(C)=CCC1=C(O)c2ccccc2C(=O)C1=O. The van der Waals surface area contributed by atoms with Crippen LogP contribution >= 0.6 is 0 Å². The second-order valence-corrected chi connectivity index (χ2v) is 8.68. The molecule has 1 unspecified atom stereocenters. The Morgan fingerprint density at radius 1 is 0.892 bits per heavy atom. The number of hydrogen-bond acceptors (Lipinski definition) is 6. The zero-order valence-electron chi connectivity index (χ0n) is 21.0. The van der Waals surface area contributed by atoms with Gasteiger partial charge in [-0.1, -0.05) is 72.3 Å². The quantitative estimate of drug-likeness (QED) is 0.316. The number of benzene rings is 2. The Labute approximate surface area is 216 Å². The lowest BCUT2D eigenvalue weighted by atomic mass is 9.85. The number of carbonyl (C=O) groups is 4. The number of hydrogen-bond donors (Lipinski definition) is 1. The van der Waals surface area contributed by atoms with Gasteiger partial charge in [0.05, 0.1) is 7.11 Å². The van der Waals surface area contributed by atoms with Gasteiger partial charge >= 0.3 is 0 Å². The van der Waals surface area contributed by atoms with Gasteiger partial charge in [-0.3, -0.25) is 19.2 Å². The van der Waals surface area contributed by atoms with E-state index in [1.807, 2.05) is 50.3 Å². The van der Waals surface area contributed by atoms with E-state index in [0.717, 1.165) is 11.1 Å². The highest BCUT2D eigenvalue weighted by Crippen LogP contribution is 2.30. The number of ether oxygens (including phenoxy) is 1. The minimum atomic E-state index is -0.608. The van der Waals surface area contributed by atoms with Gasteiger partial charge in [-0.2, -0.15) is 0 Å². The average molecular weight is 497 g/mol. The van der Waals surface area contributed by atoms with Gasteiger partial charge in [0, 0.05) is 34.3 Å². The predicted octanol–water partition coefficient (Wildman–Crippen LogP) is 5.64. The molecule has 0 aliphatic heterocycles. The summed E-state index contributed by atoms with van der Waals surface area (Å²) in [5, 5.41) is 10.1. The highest BCUT2D eigenvalue weighted by atomic mass is 16.5. The summed E-state index contributed by atoms with van der Waals surface area (Å²) in [4.78, 5) is 47.7. The molecule has 0 aromatic heterocycles. The van der Waals surface area contributed by atoms with Gasteiger partial charge in [0.2, 0.25) is 17.3 Å². The monoisotopic (exact) mass is 496 g/mol. The van der Waals surface area contributed by atoms with E-state index in [1.54, 1.807) is 30.3 Å². The van der Waals surface area contributed by atoms with Crippen molar-refractivity contribution in [3.8, 4) is 0 Å². The van der Waals surface area contributed by atoms with Crippen LogP contribution in [0.4, 0.5) is 0 Å². The Hall–Kier alpha value is -4.58. The molecule has 0 radical (unpaired) electrons. The van der Waals surface area contributed by atoms with E-state index in [1.165, 1.54) is 19.3 Å². The molecule has 0 fully saturated rings. The minimum Gasteiger partial charge on any atom is -0.507 e. The maximum atomic E-state index is 12.1. The zero-order chi connectivity index (χ0) is 27.1. The molecule has 1 atom stereocenters. The fourth-order valence-electron chi connectivity index (χ4n) is 3.98. The molecule has 2 aliphatic rings. The largest absolute Gasteiger partial charge is 0.507 e. The first-order valence-corrected chi connectivity index (χ1v) is 11.7. The molecule has 0 heterocycles. The minimum absolute atomic E-state index is 0.0737. The van der Waals surface area contributed by atoms with Gasteiger partial charge in [-0.25, -0.2) is 0 Å². The summed E-state index contributed by atoms with van der Waals surface area (Å²) in [6, 6.07) is 16.1. The van der Waals surface area contributed by atoms with Crippen molar-refractivity contribution in [3.05, 3.63) is 125 Å². The number of aliphatic hydroxyl groups is 1. The van der Waals surface area contributed by atoms with E-state index in [4.69, 9.17) is 4.74 Å². The van der Waals surface area contributed by atoms with Crippen LogP contribution in [0.3, 0.4) is 0 Å². The van der Waals surface area contributed by atoms with Crippen LogP contribution in [0.15, 0.2) is 108 Å². The number of fused-ring (bicyclic) bond motifs is 1. The van der Waals surface area contributed by atoms with Crippen LogP contribution in [0.2, 0.25) is 0 Å². The van der Waals surface area contributed by atoms with Crippen molar-refractivity contribution in [1.82, 2.24) is 0 Å². The second-order valence-electron chi connectivity index (χ2n) is 8.68. The van der Waals surface area contributed by atoms with Gasteiger partial charge in [0.25, 0.3) is 0 Å². The van der Waals surface area contributed by atoms with E-state index in [0.29, 0.717) is 11.1 Å². The van der Waals surface area contributed by atoms with Gasteiger partial charge in [-0.15, -0.1) is 6.58 Å². The third-order valence-electron chi connectivity index (χ3n) is 5.93. The third kappa shape index (κ3) is 5.98. The molecule has 0 spiro atoms. The van der Waals surface area contributed by atoms with Crippen LogP contribution in [0.25, 0.3) is 5.76 Å². The molecule has 0 saturated carbocycles. The Morgan fingerprint density at radius 2 is 1.51 bits per heavy atom. The summed E-state index contributed by atoms with van der Waals surface area (Å²) in [6.45, 7) is 7.56. The first-order valence-electron chi connectivity index (χ1n) is 11.7. The van der Waals surface area contributed by atoms with Crippen molar-refractivity contribution in [2.24, 2.45) is 0 Å². The summed E-state index contributed by atoms with van der Waals surface area (Å²) in [7, 11) is 1.37. The van der Waals surface area contributed by atoms with Crippen LogP contribution in [-0.2, 0) is 19.1 Å². The first-order chi connectivity index (χ1) is 17.7. The molecule has 1 N–H and O–H groups in total. The second kappa shape index (κ2) is 11.9. The van der Waals surface area contributed by atoms with Gasteiger partial charge < -0.3 is 9.84 Å². The Kier molecular flexibility index (Phi) is 8.69. The average Bonchev–Trinajstić information content (AvgIpc) is 2.90. The van der Waals surface area contributed by atoms with Crippen LogP contribution in [-0.4, -0.2) is 35.3 Å². The van der Waals surface area contributed by atoms with Gasteiger partial charge in [0.15, 0.2) is 11.5 Å². The highest BCUT2D eigenvalue weighted by Gasteiger charge is 2.31. The van der Waals surface area contributed by atoms with Crippen molar-refractivity contribution >= 4 is 28.9 Å². The standard InChI is InChI=1S/C16H14O3.C15H14O3/c1-3-12(11-7-5-4-6-8-11)13-9-15(18)16(19-2)10-14(13)17;1-9(2)7-8-12-13(16)10-5-3-4-6-11(10)14(17)15(12)18/h3-10,12H,1H2,2H3;3-7,16H,8H2,1-2H3. The summed E-state index contributed by atoms with van der Waals surface area (Å²) >= 11 is 0. The number of methoxy groups -OCH3 is 1. The molecule has 0 amide bonds. The van der Waals surface area contributed by atoms with Crippen LogP contribution in [0.1, 0.15) is 47.7 Å². The van der Waals surface area contributed by atoms with Crippen molar-refractivity contribution in [3.63, 3.8) is 0 Å². The number of aliphatic hydroxyl groups excluding tert-OH is 1. The summed E-state index contributed by atoms with van der Waals surface area (Å²) in [5.74, 6) is -1.95.